The molecule has 0 bridgehead atoms. The molecule has 0 spiro atoms. The van der Waals surface area contributed by atoms with Crippen LogP contribution in [0.25, 0.3) is 0 Å². The van der Waals surface area contributed by atoms with Crippen LogP contribution < -0.4 is 15.5 Å². The van der Waals surface area contributed by atoms with Crippen LogP contribution in [-0.2, 0) is 19.1 Å². The van der Waals surface area contributed by atoms with Crippen molar-refractivity contribution < 1.29 is 23.9 Å². The maximum atomic E-state index is 13.4. The average molecular weight is 452 g/mol. The van der Waals surface area contributed by atoms with Gasteiger partial charge in [0, 0.05) is 5.56 Å². The van der Waals surface area contributed by atoms with Crippen molar-refractivity contribution in [3.8, 4) is 0 Å². The Morgan fingerprint density at radius 2 is 1.58 bits per heavy atom. The number of benzene rings is 2. The van der Waals surface area contributed by atoms with Crippen molar-refractivity contribution >= 4 is 35.1 Å². The van der Waals surface area contributed by atoms with E-state index in [2.05, 4.69) is 10.6 Å². The summed E-state index contributed by atoms with van der Waals surface area (Å²) in [7, 11) is 0. The van der Waals surface area contributed by atoms with E-state index in [1.54, 1.807) is 82.3 Å². The van der Waals surface area contributed by atoms with E-state index in [1.807, 2.05) is 0 Å². The Morgan fingerprint density at radius 3 is 2.21 bits per heavy atom. The molecule has 1 aliphatic rings. The second-order valence-corrected chi connectivity index (χ2v) is 8.84. The lowest BCUT2D eigenvalue weighted by Gasteiger charge is -2.42. The molecule has 3 amide bonds. The predicted octanol–water partition coefficient (Wildman–Crippen LogP) is 3.14. The first-order chi connectivity index (χ1) is 15.5. The van der Waals surface area contributed by atoms with Gasteiger partial charge in [-0.05, 0) is 51.0 Å². The number of carbonyl (C=O) groups excluding carboxylic acids is 4. The maximum absolute atomic E-state index is 13.4. The first kappa shape index (κ1) is 24.0. The number of fused-ring (bicyclic) bond motifs is 1. The fourth-order valence-electron chi connectivity index (χ4n) is 3.64. The molecule has 0 fully saturated rings. The van der Waals surface area contributed by atoms with Gasteiger partial charge in [-0.1, -0.05) is 44.2 Å². The third-order valence-corrected chi connectivity index (χ3v) is 5.61. The SMILES string of the molecule is CC(C)[C@H](NC(=O)c1ccccc1)C(=O)O[C@H](C)C(=O)N1c2ccccc2NC(=O)C1(C)C. The minimum Gasteiger partial charge on any atom is -0.451 e. The van der Waals surface area contributed by atoms with Gasteiger partial charge >= 0.3 is 5.97 Å². The number of anilines is 2. The van der Waals surface area contributed by atoms with E-state index in [-0.39, 0.29) is 11.8 Å². The Bertz CT molecular complexity index is 1060. The van der Waals surface area contributed by atoms with Gasteiger partial charge in [0.1, 0.15) is 11.6 Å². The van der Waals surface area contributed by atoms with Crippen LogP contribution in [0.1, 0.15) is 45.0 Å². The van der Waals surface area contributed by atoms with Crippen molar-refractivity contribution in [1.29, 1.82) is 0 Å². The van der Waals surface area contributed by atoms with Crippen molar-refractivity contribution in [3.63, 3.8) is 0 Å². The van der Waals surface area contributed by atoms with Crippen LogP contribution in [0.4, 0.5) is 11.4 Å². The quantitative estimate of drug-likeness (QED) is 0.657. The third kappa shape index (κ3) is 4.89. The van der Waals surface area contributed by atoms with Gasteiger partial charge < -0.3 is 15.4 Å². The number of hydrogen-bond acceptors (Lipinski definition) is 5. The smallest absolute Gasteiger partial charge is 0.329 e. The van der Waals surface area contributed by atoms with Crippen molar-refractivity contribution in [2.45, 2.75) is 52.3 Å². The van der Waals surface area contributed by atoms with E-state index in [9.17, 15) is 19.2 Å². The van der Waals surface area contributed by atoms with Crippen molar-refractivity contribution in [1.82, 2.24) is 5.32 Å². The summed E-state index contributed by atoms with van der Waals surface area (Å²) in [5, 5.41) is 5.49. The summed E-state index contributed by atoms with van der Waals surface area (Å²) in [6, 6.07) is 14.5. The summed E-state index contributed by atoms with van der Waals surface area (Å²) in [6.45, 7) is 8.27. The van der Waals surface area contributed by atoms with Crippen LogP contribution in [-0.4, -0.2) is 41.4 Å². The topological polar surface area (TPSA) is 105 Å². The number of esters is 1. The summed E-state index contributed by atoms with van der Waals surface area (Å²) in [4.78, 5) is 52.8. The van der Waals surface area contributed by atoms with Crippen LogP contribution >= 0.6 is 0 Å². The number of nitrogens with one attached hydrogen (secondary N) is 2. The molecule has 174 valence electrons. The molecule has 0 aromatic heterocycles. The van der Waals surface area contributed by atoms with Crippen molar-refractivity contribution in [2.75, 3.05) is 10.2 Å². The van der Waals surface area contributed by atoms with Gasteiger partial charge in [0.25, 0.3) is 11.8 Å². The number of hydrogen-bond donors (Lipinski definition) is 2. The molecule has 0 radical (unpaired) electrons. The second kappa shape index (κ2) is 9.44. The molecule has 8 heteroatoms. The van der Waals surface area contributed by atoms with Crippen LogP contribution in [0.15, 0.2) is 54.6 Å². The molecule has 2 aromatic rings. The van der Waals surface area contributed by atoms with Gasteiger partial charge in [0.15, 0.2) is 6.10 Å². The fourth-order valence-corrected chi connectivity index (χ4v) is 3.64. The second-order valence-electron chi connectivity index (χ2n) is 8.84. The minimum atomic E-state index is -1.19. The van der Waals surface area contributed by atoms with E-state index in [1.165, 1.54) is 11.8 Å². The zero-order chi connectivity index (χ0) is 24.3. The zero-order valence-corrected chi connectivity index (χ0v) is 19.4. The van der Waals surface area contributed by atoms with Crippen molar-refractivity contribution in [3.05, 3.63) is 60.2 Å². The minimum absolute atomic E-state index is 0.273. The Morgan fingerprint density at radius 1 is 0.970 bits per heavy atom. The van der Waals surface area contributed by atoms with Crippen LogP contribution in [0.3, 0.4) is 0 Å². The lowest BCUT2D eigenvalue weighted by Crippen LogP contribution is -2.61. The predicted molar refractivity (Wildman–Crippen MR) is 125 cm³/mol. The van der Waals surface area contributed by atoms with Gasteiger partial charge in [0.2, 0.25) is 5.91 Å². The lowest BCUT2D eigenvalue weighted by atomic mass is 9.95. The summed E-state index contributed by atoms with van der Waals surface area (Å²) in [6.07, 6.45) is -1.18. The Hall–Kier alpha value is -3.68. The molecule has 0 unspecified atom stereocenters. The number of para-hydroxylation sites is 2. The average Bonchev–Trinajstić information content (AvgIpc) is 2.77. The van der Waals surface area contributed by atoms with E-state index >= 15 is 0 Å². The van der Waals surface area contributed by atoms with Gasteiger partial charge in [-0.15, -0.1) is 0 Å². The molecule has 8 nitrogen and oxygen atoms in total. The molecule has 2 atom stereocenters. The van der Waals surface area contributed by atoms with E-state index in [0.29, 0.717) is 16.9 Å². The van der Waals surface area contributed by atoms with Gasteiger partial charge in [0.05, 0.1) is 11.4 Å². The third-order valence-electron chi connectivity index (χ3n) is 5.61. The highest BCUT2D eigenvalue weighted by Gasteiger charge is 2.45. The maximum Gasteiger partial charge on any atom is 0.329 e. The first-order valence-corrected chi connectivity index (χ1v) is 10.8. The molecule has 2 N–H and O–H groups in total. The zero-order valence-electron chi connectivity index (χ0n) is 19.4. The van der Waals surface area contributed by atoms with Gasteiger partial charge in [-0.3, -0.25) is 19.3 Å². The normalized spacial score (nSPS) is 16.3. The summed E-state index contributed by atoms with van der Waals surface area (Å²) >= 11 is 0. The summed E-state index contributed by atoms with van der Waals surface area (Å²) in [5.74, 6) is -2.28. The van der Waals surface area contributed by atoms with E-state index in [4.69, 9.17) is 4.74 Å². The van der Waals surface area contributed by atoms with Crippen LogP contribution in [0.5, 0.6) is 0 Å². The molecule has 2 aromatic carbocycles. The molecule has 1 heterocycles. The Balaban J connectivity index is 1.78. The number of rotatable bonds is 6. The number of amides is 3. The lowest BCUT2D eigenvalue weighted by molar-refractivity contribution is -0.157. The Kier molecular flexibility index (Phi) is 6.86. The van der Waals surface area contributed by atoms with Crippen LogP contribution in [0, 0.1) is 5.92 Å². The summed E-state index contributed by atoms with van der Waals surface area (Å²) in [5.41, 5.74) is 0.250. The molecule has 0 aliphatic carbocycles. The standard InChI is InChI=1S/C25H29N3O5/c1-15(2)20(27-21(29)17-11-7-6-8-12-17)23(31)33-16(3)22(30)28-19-14-10-9-13-18(19)26-24(32)25(28,4)5/h6-16,20H,1-5H3,(H,26,32)(H,27,29)/t16-,20+/m1/s1. The highest BCUT2D eigenvalue weighted by molar-refractivity contribution is 6.15. The molecule has 0 saturated carbocycles. The molecular weight excluding hydrogens is 422 g/mol. The highest BCUT2D eigenvalue weighted by Crippen LogP contribution is 2.37. The fraction of sp³-hybridized carbons (Fsp3) is 0.360. The number of ether oxygens (including phenoxy) is 1. The van der Waals surface area contributed by atoms with Crippen molar-refractivity contribution in [2.24, 2.45) is 5.92 Å². The molecule has 0 saturated heterocycles. The largest absolute Gasteiger partial charge is 0.451 e. The van der Waals surface area contributed by atoms with E-state index in [0.717, 1.165) is 0 Å². The molecule has 1 aliphatic heterocycles. The van der Waals surface area contributed by atoms with Gasteiger partial charge in [-0.2, -0.15) is 0 Å². The number of nitrogens with zero attached hydrogens (tertiary/aromatic N) is 1. The summed E-state index contributed by atoms with van der Waals surface area (Å²) < 4.78 is 5.49. The number of carbonyl (C=O) groups is 4. The molecular formula is C25H29N3O5. The monoisotopic (exact) mass is 451 g/mol. The molecule has 33 heavy (non-hydrogen) atoms. The Labute approximate surface area is 193 Å². The van der Waals surface area contributed by atoms with E-state index < -0.39 is 35.5 Å². The first-order valence-electron chi connectivity index (χ1n) is 10.8. The van der Waals surface area contributed by atoms with Crippen LogP contribution in [0.2, 0.25) is 0 Å². The molecule has 3 rings (SSSR count). The van der Waals surface area contributed by atoms with Gasteiger partial charge in [-0.25, -0.2) is 4.79 Å². The highest BCUT2D eigenvalue weighted by atomic mass is 16.5.